The monoisotopic (exact) mass is 244 g/mol. The molecule has 0 amide bonds. The Morgan fingerprint density at radius 2 is 1.88 bits per heavy atom. The molecule has 0 bridgehead atoms. The molecule has 0 aliphatic rings. The average Bonchev–Trinajstić information content (AvgIpc) is 2.38. The van der Waals surface area contributed by atoms with Crippen molar-refractivity contribution < 1.29 is 4.39 Å². The average molecular weight is 244 g/mol. The van der Waals surface area contributed by atoms with Crippen molar-refractivity contribution in [3.8, 4) is 11.8 Å². The van der Waals surface area contributed by atoms with Gasteiger partial charge in [-0.2, -0.15) is 0 Å². The molecule has 1 aromatic carbocycles. The van der Waals surface area contributed by atoms with E-state index in [0.717, 1.165) is 5.56 Å². The second-order valence-corrected chi connectivity index (χ2v) is 3.96. The number of hydrogen-bond donors (Lipinski definition) is 0. The second kappa shape index (κ2) is 5.46. The highest BCUT2D eigenvalue weighted by Gasteiger charge is 1.94. The SMILES string of the molecule is CSc1nccc(C#Cc2ccc(F)cc2)n1. The molecule has 0 saturated heterocycles. The highest BCUT2D eigenvalue weighted by molar-refractivity contribution is 7.98. The molecule has 0 fully saturated rings. The molecule has 4 heteroatoms. The van der Waals surface area contributed by atoms with E-state index in [1.54, 1.807) is 24.4 Å². The van der Waals surface area contributed by atoms with Gasteiger partial charge in [0.1, 0.15) is 11.5 Å². The maximum Gasteiger partial charge on any atom is 0.188 e. The molecular weight excluding hydrogens is 235 g/mol. The topological polar surface area (TPSA) is 25.8 Å². The lowest BCUT2D eigenvalue weighted by atomic mass is 10.2. The van der Waals surface area contributed by atoms with Crippen molar-refractivity contribution in [1.29, 1.82) is 0 Å². The Bertz CT molecular complexity index is 570. The fraction of sp³-hybridized carbons (Fsp3) is 0.0769. The van der Waals surface area contributed by atoms with Crippen LogP contribution < -0.4 is 0 Å². The van der Waals surface area contributed by atoms with Crippen LogP contribution >= 0.6 is 11.8 Å². The number of rotatable bonds is 1. The number of thioether (sulfide) groups is 1. The van der Waals surface area contributed by atoms with Gasteiger partial charge in [-0.25, -0.2) is 14.4 Å². The van der Waals surface area contributed by atoms with Crippen molar-refractivity contribution in [2.24, 2.45) is 0 Å². The summed E-state index contributed by atoms with van der Waals surface area (Å²) in [6.07, 6.45) is 3.58. The molecule has 17 heavy (non-hydrogen) atoms. The van der Waals surface area contributed by atoms with Crippen LogP contribution in [0.25, 0.3) is 0 Å². The van der Waals surface area contributed by atoms with Crippen LogP contribution in [0.5, 0.6) is 0 Å². The molecule has 0 spiro atoms. The van der Waals surface area contributed by atoms with E-state index >= 15 is 0 Å². The second-order valence-electron chi connectivity index (χ2n) is 3.19. The molecule has 0 saturated carbocycles. The van der Waals surface area contributed by atoms with Crippen LogP contribution in [0.2, 0.25) is 0 Å². The van der Waals surface area contributed by atoms with Crippen LogP contribution in [-0.2, 0) is 0 Å². The minimum atomic E-state index is -0.262. The van der Waals surface area contributed by atoms with Gasteiger partial charge in [0.2, 0.25) is 0 Å². The third-order valence-corrected chi connectivity index (χ3v) is 2.56. The summed E-state index contributed by atoms with van der Waals surface area (Å²) >= 11 is 1.47. The molecule has 0 unspecified atom stereocenters. The number of hydrogen-bond acceptors (Lipinski definition) is 3. The van der Waals surface area contributed by atoms with Gasteiger partial charge in [-0.15, -0.1) is 0 Å². The zero-order valence-corrected chi connectivity index (χ0v) is 9.96. The Morgan fingerprint density at radius 1 is 1.12 bits per heavy atom. The fourth-order valence-electron chi connectivity index (χ4n) is 1.18. The van der Waals surface area contributed by atoms with Crippen LogP contribution in [0.4, 0.5) is 4.39 Å². The highest BCUT2D eigenvalue weighted by Crippen LogP contribution is 2.07. The number of aromatic nitrogens is 2. The maximum atomic E-state index is 12.7. The molecule has 84 valence electrons. The molecule has 0 atom stereocenters. The zero-order chi connectivity index (χ0) is 12.1. The summed E-state index contributed by atoms with van der Waals surface area (Å²) in [7, 11) is 0. The Labute approximate surface area is 103 Å². The highest BCUT2D eigenvalue weighted by atomic mass is 32.2. The van der Waals surface area contributed by atoms with E-state index in [1.165, 1.54) is 23.9 Å². The van der Waals surface area contributed by atoms with Crippen molar-refractivity contribution in [2.75, 3.05) is 6.26 Å². The molecular formula is C13H9FN2S. The predicted molar refractivity (Wildman–Crippen MR) is 66.2 cm³/mol. The van der Waals surface area contributed by atoms with E-state index in [0.29, 0.717) is 10.9 Å². The van der Waals surface area contributed by atoms with Gasteiger partial charge >= 0.3 is 0 Å². The number of nitrogens with zero attached hydrogens (tertiary/aromatic N) is 2. The van der Waals surface area contributed by atoms with Crippen LogP contribution in [0, 0.1) is 17.7 Å². The molecule has 0 N–H and O–H groups in total. The lowest BCUT2D eigenvalue weighted by Crippen LogP contribution is -1.88. The van der Waals surface area contributed by atoms with Gasteiger partial charge in [-0.3, -0.25) is 0 Å². The third-order valence-electron chi connectivity index (χ3n) is 2.00. The quantitative estimate of drug-likeness (QED) is 0.438. The maximum absolute atomic E-state index is 12.7. The summed E-state index contributed by atoms with van der Waals surface area (Å²) in [5.74, 6) is 5.58. The molecule has 0 aliphatic heterocycles. The normalized spacial score (nSPS) is 9.53. The summed E-state index contributed by atoms with van der Waals surface area (Å²) in [6, 6.07) is 7.79. The largest absolute Gasteiger partial charge is 0.231 e. The van der Waals surface area contributed by atoms with Crippen molar-refractivity contribution in [2.45, 2.75) is 5.16 Å². The first kappa shape index (κ1) is 11.6. The van der Waals surface area contributed by atoms with E-state index < -0.39 is 0 Å². The van der Waals surface area contributed by atoms with Crippen molar-refractivity contribution in [3.05, 3.63) is 53.6 Å². The molecule has 2 nitrogen and oxygen atoms in total. The predicted octanol–water partition coefficient (Wildman–Crippen LogP) is 2.74. The minimum Gasteiger partial charge on any atom is -0.231 e. The zero-order valence-electron chi connectivity index (χ0n) is 9.14. The van der Waals surface area contributed by atoms with Gasteiger partial charge in [0.25, 0.3) is 0 Å². The fourth-order valence-corrected chi connectivity index (χ4v) is 1.53. The van der Waals surface area contributed by atoms with E-state index in [2.05, 4.69) is 21.8 Å². The summed E-state index contributed by atoms with van der Waals surface area (Å²) in [4.78, 5) is 8.29. The van der Waals surface area contributed by atoms with Gasteiger partial charge in [0.05, 0.1) is 0 Å². The number of benzene rings is 1. The van der Waals surface area contributed by atoms with Gasteiger partial charge < -0.3 is 0 Å². The summed E-state index contributed by atoms with van der Waals surface area (Å²) in [5, 5.41) is 0.691. The van der Waals surface area contributed by atoms with E-state index in [9.17, 15) is 4.39 Å². The Balaban J connectivity index is 2.23. The molecule has 0 radical (unpaired) electrons. The smallest absolute Gasteiger partial charge is 0.188 e. The van der Waals surface area contributed by atoms with Crippen molar-refractivity contribution in [3.63, 3.8) is 0 Å². The summed E-state index contributed by atoms with van der Waals surface area (Å²) in [5.41, 5.74) is 1.42. The molecule has 2 aromatic rings. The van der Waals surface area contributed by atoms with E-state index in [-0.39, 0.29) is 5.82 Å². The van der Waals surface area contributed by atoms with E-state index in [1.807, 2.05) is 6.26 Å². The first-order valence-electron chi connectivity index (χ1n) is 4.92. The Kier molecular flexibility index (Phi) is 3.73. The van der Waals surface area contributed by atoms with Crippen LogP contribution in [0.3, 0.4) is 0 Å². The lowest BCUT2D eigenvalue weighted by Gasteiger charge is -1.93. The summed E-state index contributed by atoms with van der Waals surface area (Å²) < 4.78 is 12.7. The van der Waals surface area contributed by atoms with Gasteiger partial charge in [-0.05, 0) is 42.5 Å². The van der Waals surface area contributed by atoms with Crippen LogP contribution in [-0.4, -0.2) is 16.2 Å². The summed E-state index contributed by atoms with van der Waals surface area (Å²) in [6.45, 7) is 0. The minimum absolute atomic E-state index is 0.262. The van der Waals surface area contributed by atoms with Gasteiger partial charge in [0.15, 0.2) is 5.16 Å². The van der Waals surface area contributed by atoms with Crippen LogP contribution in [0.15, 0.2) is 41.7 Å². The first-order valence-corrected chi connectivity index (χ1v) is 6.15. The third kappa shape index (κ3) is 3.30. The van der Waals surface area contributed by atoms with Crippen LogP contribution in [0.1, 0.15) is 11.3 Å². The standard InChI is InChI=1S/C13H9FN2S/c1-17-13-15-9-8-12(16-13)7-4-10-2-5-11(14)6-3-10/h2-3,5-6,8-9H,1H3. The molecule has 1 heterocycles. The van der Waals surface area contributed by atoms with Crippen molar-refractivity contribution in [1.82, 2.24) is 9.97 Å². The first-order chi connectivity index (χ1) is 8.28. The Hall–Kier alpha value is -1.86. The molecule has 0 aliphatic carbocycles. The van der Waals surface area contributed by atoms with Crippen molar-refractivity contribution >= 4 is 11.8 Å². The van der Waals surface area contributed by atoms with Gasteiger partial charge in [-0.1, -0.05) is 17.7 Å². The van der Waals surface area contributed by atoms with E-state index in [4.69, 9.17) is 0 Å². The van der Waals surface area contributed by atoms with Gasteiger partial charge in [0, 0.05) is 11.8 Å². The molecule has 1 aromatic heterocycles. The number of halogens is 1. The molecule has 2 rings (SSSR count). The lowest BCUT2D eigenvalue weighted by molar-refractivity contribution is 0.627. The Morgan fingerprint density at radius 3 is 2.59 bits per heavy atom.